The van der Waals surface area contributed by atoms with Crippen LogP contribution in [0.1, 0.15) is 18.4 Å². The summed E-state index contributed by atoms with van der Waals surface area (Å²) in [6, 6.07) is 13.3. The zero-order chi connectivity index (χ0) is 13.1. The molecule has 1 unspecified atom stereocenters. The Bertz CT molecular complexity index is 556. The standard InChI is InChI=1S/C17H22N2/c1-13-4-5-16-10-17(7-6-15(16)9-13)19-12-14-3-2-8-18-11-14/h4-7,9-10,14,18-19H,2-3,8,11-12H2,1H3. The third-order valence-electron chi connectivity index (χ3n) is 3.99. The average molecular weight is 254 g/mol. The van der Waals surface area contributed by atoms with E-state index < -0.39 is 0 Å². The Morgan fingerprint density at radius 1 is 1.16 bits per heavy atom. The molecule has 2 nitrogen and oxygen atoms in total. The maximum Gasteiger partial charge on any atom is 0.0346 e. The van der Waals surface area contributed by atoms with Crippen molar-refractivity contribution < 1.29 is 0 Å². The molecule has 0 aliphatic carbocycles. The molecule has 1 heterocycles. The van der Waals surface area contributed by atoms with Crippen LogP contribution in [0, 0.1) is 12.8 Å². The van der Waals surface area contributed by atoms with Gasteiger partial charge in [-0.2, -0.15) is 0 Å². The van der Waals surface area contributed by atoms with E-state index in [1.165, 1.54) is 41.4 Å². The largest absolute Gasteiger partial charge is 0.385 e. The SMILES string of the molecule is Cc1ccc2cc(NCC3CCCNC3)ccc2c1. The van der Waals surface area contributed by atoms with E-state index in [1.54, 1.807) is 0 Å². The van der Waals surface area contributed by atoms with Crippen LogP contribution in [-0.2, 0) is 0 Å². The maximum absolute atomic E-state index is 3.58. The summed E-state index contributed by atoms with van der Waals surface area (Å²) in [5.41, 5.74) is 2.56. The number of benzene rings is 2. The predicted octanol–water partition coefficient (Wildman–Crippen LogP) is 3.56. The monoisotopic (exact) mass is 254 g/mol. The normalized spacial score (nSPS) is 19.5. The molecule has 2 aromatic carbocycles. The zero-order valence-electron chi connectivity index (χ0n) is 11.6. The number of nitrogens with one attached hydrogen (secondary N) is 2. The summed E-state index contributed by atoms with van der Waals surface area (Å²) in [5, 5.41) is 9.69. The minimum absolute atomic E-state index is 0.766. The minimum atomic E-state index is 0.766. The Labute approximate surface area is 115 Å². The zero-order valence-corrected chi connectivity index (χ0v) is 11.6. The average Bonchev–Trinajstić information content (AvgIpc) is 2.46. The van der Waals surface area contributed by atoms with Gasteiger partial charge in [0.2, 0.25) is 0 Å². The van der Waals surface area contributed by atoms with Crippen molar-refractivity contribution in [2.24, 2.45) is 5.92 Å². The van der Waals surface area contributed by atoms with Crippen LogP contribution in [0.25, 0.3) is 10.8 Å². The van der Waals surface area contributed by atoms with Crippen molar-refractivity contribution in [3.05, 3.63) is 42.0 Å². The molecule has 0 amide bonds. The second kappa shape index (κ2) is 5.62. The highest BCUT2D eigenvalue weighted by atomic mass is 14.9. The van der Waals surface area contributed by atoms with Crippen molar-refractivity contribution >= 4 is 16.5 Å². The lowest BCUT2D eigenvalue weighted by Crippen LogP contribution is -2.33. The van der Waals surface area contributed by atoms with Crippen molar-refractivity contribution in [2.75, 3.05) is 25.0 Å². The first-order valence-electron chi connectivity index (χ1n) is 7.26. The number of aryl methyl sites for hydroxylation is 1. The third-order valence-corrected chi connectivity index (χ3v) is 3.99. The van der Waals surface area contributed by atoms with Crippen LogP contribution in [0.5, 0.6) is 0 Å². The van der Waals surface area contributed by atoms with E-state index in [0.29, 0.717) is 0 Å². The van der Waals surface area contributed by atoms with E-state index in [-0.39, 0.29) is 0 Å². The molecule has 19 heavy (non-hydrogen) atoms. The van der Waals surface area contributed by atoms with Crippen LogP contribution in [0.15, 0.2) is 36.4 Å². The van der Waals surface area contributed by atoms with Crippen LogP contribution in [-0.4, -0.2) is 19.6 Å². The fourth-order valence-corrected chi connectivity index (χ4v) is 2.84. The van der Waals surface area contributed by atoms with Gasteiger partial charge in [-0.1, -0.05) is 29.8 Å². The lowest BCUT2D eigenvalue weighted by molar-refractivity contribution is 0.393. The summed E-state index contributed by atoms with van der Waals surface area (Å²) in [5.74, 6) is 0.766. The van der Waals surface area contributed by atoms with E-state index in [4.69, 9.17) is 0 Å². The maximum atomic E-state index is 3.58. The second-order valence-corrected chi connectivity index (χ2v) is 5.66. The smallest absolute Gasteiger partial charge is 0.0346 e. The molecule has 2 aromatic rings. The Morgan fingerprint density at radius 3 is 2.84 bits per heavy atom. The summed E-state index contributed by atoms with van der Waals surface area (Å²) >= 11 is 0. The summed E-state index contributed by atoms with van der Waals surface area (Å²) in [7, 11) is 0. The van der Waals surface area contributed by atoms with E-state index in [0.717, 1.165) is 19.0 Å². The summed E-state index contributed by atoms with van der Waals surface area (Å²) in [4.78, 5) is 0. The van der Waals surface area contributed by atoms with Crippen molar-refractivity contribution in [1.29, 1.82) is 0 Å². The van der Waals surface area contributed by atoms with Gasteiger partial charge in [0, 0.05) is 12.2 Å². The van der Waals surface area contributed by atoms with Crippen LogP contribution in [0.2, 0.25) is 0 Å². The number of hydrogen-bond donors (Lipinski definition) is 2. The summed E-state index contributed by atoms with van der Waals surface area (Å²) in [6.07, 6.45) is 2.65. The summed E-state index contributed by atoms with van der Waals surface area (Å²) in [6.45, 7) is 5.55. The van der Waals surface area contributed by atoms with Gasteiger partial charge in [-0.05, 0) is 61.7 Å². The van der Waals surface area contributed by atoms with E-state index >= 15 is 0 Å². The van der Waals surface area contributed by atoms with Gasteiger partial charge in [-0.15, -0.1) is 0 Å². The van der Waals surface area contributed by atoms with E-state index in [2.05, 4.69) is 54.0 Å². The first kappa shape index (κ1) is 12.5. The highest BCUT2D eigenvalue weighted by molar-refractivity contribution is 5.86. The van der Waals surface area contributed by atoms with Crippen LogP contribution >= 0.6 is 0 Å². The van der Waals surface area contributed by atoms with E-state index in [1.807, 2.05) is 0 Å². The molecule has 1 fully saturated rings. The molecule has 0 bridgehead atoms. The molecule has 1 aliphatic rings. The first-order valence-corrected chi connectivity index (χ1v) is 7.26. The van der Waals surface area contributed by atoms with Crippen molar-refractivity contribution in [1.82, 2.24) is 5.32 Å². The molecular formula is C17H22N2. The molecule has 2 heteroatoms. The third kappa shape index (κ3) is 3.07. The van der Waals surface area contributed by atoms with Crippen molar-refractivity contribution in [3.63, 3.8) is 0 Å². The van der Waals surface area contributed by atoms with Crippen LogP contribution < -0.4 is 10.6 Å². The van der Waals surface area contributed by atoms with Gasteiger partial charge in [-0.3, -0.25) is 0 Å². The summed E-state index contributed by atoms with van der Waals surface area (Å²) < 4.78 is 0. The van der Waals surface area contributed by atoms with Crippen LogP contribution in [0.3, 0.4) is 0 Å². The van der Waals surface area contributed by atoms with Gasteiger partial charge in [0.15, 0.2) is 0 Å². The number of hydrogen-bond acceptors (Lipinski definition) is 2. The molecular weight excluding hydrogens is 232 g/mol. The Hall–Kier alpha value is -1.54. The van der Waals surface area contributed by atoms with Gasteiger partial charge in [0.05, 0.1) is 0 Å². The minimum Gasteiger partial charge on any atom is -0.385 e. The lowest BCUT2D eigenvalue weighted by atomic mass is 9.99. The Morgan fingerprint density at radius 2 is 2.00 bits per heavy atom. The topological polar surface area (TPSA) is 24.1 Å². The molecule has 0 saturated carbocycles. The fourth-order valence-electron chi connectivity index (χ4n) is 2.84. The fraction of sp³-hybridized carbons (Fsp3) is 0.412. The molecule has 0 radical (unpaired) electrons. The molecule has 1 aliphatic heterocycles. The van der Waals surface area contributed by atoms with Gasteiger partial charge in [0.1, 0.15) is 0 Å². The number of rotatable bonds is 3. The lowest BCUT2D eigenvalue weighted by Gasteiger charge is -2.23. The van der Waals surface area contributed by atoms with Crippen LogP contribution in [0.4, 0.5) is 5.69 Å². The first-order chi connectivity index (χ1) is 9.31. The number of piperidine rings is 1. The Kier molecular flexibility index (Phi) is 3.69. The van der Waals surface area contributed by atoms with Gasteiger partial charge in [0.25, 0.3) is 0 Å². The molecule has 3 rings (SSSR count). The molecule has 0 spiro atoms. The van der Waals surface area contributed by atoms with Gasteiger partial charge < -0.3 is 10.6 Å². The van der Waals surface area contributed by atoms with Gasteiger partial charge in [-0.25, -0.2) is 0 Å². The molecule has 2 N–H and O–H groups in total. The number of anilines is 1. The highest BCUT2D eigenvalue weighted by Gasteiger charge is 2.12. The van der Waals surface area contributed by atoms with Crippen molar-refractivity contribution in [2.45, 2.75) is 19.8 Å². The molecule has 1 saturated heterocycles. The Balaban J connectivity index is 1.69. The predicted molar refractivity (Wildman–Crippen MR) is 82.8 cm³/mol. The van der Waals surface area contributed by atoms with Gasteiger partial charge >= 0.3 is 0 Å². The quantitative estimate of drug-likeness (QED) is 0.875. The molecule has 1 atom stereocenters. The molecule has 100 valence electrons. The molecule has 0 aromatic heterocycles. The van der Waals surface area contributed by atoms with Crippen molar-refractivity contribution in [3.8, 4) is 0 Å². The second-order valence-electron chi connectivity index (χ2n) is 5.66. The highest BCUT2D eigenvalue weighted by Crippen LogP contribution is 2.21. The van der Waals surface area contributed by atoms with E-state index in [9.17, 15) is 0 Å². The number of fused-ring (bicyclic) bond motifs is 1.